The SMILES string of the molecule is COc1ccc(Nc2nnc(SCC(=O)N[C@H]3CCCc4ccccc43)s2)cc1. The number of nitrogens with zero attached hydrogens (tertiary/aromatic N) is 2. The lowest BCUT2D eigenvalue weighted by molar-refractivity contribution is -0.119. The van der Waals surface area contributed by atoms with E-state index in [9.17, 15) is 4.79 Å². The predicted octanol–water partition coefficient (Wildman–Crippen LogP) is 4.58. The van der Waals surface area contributed by atoms with Gasteiger partial charge in [0.2, 0.25) is 11.0 Å². The molecule has 0 fully saturated rings. The Hall–Kier alpha value is -2.58. The number of hydrogen-bond donors (Lipinski definition) is 2. The van der Waals surface area contributed by atoms with Gasteiger partial charge in [0.1, 0.15) is 5.75 Å². The van der Waals surface area contributed by atoms with Gasteiger partial charge in [-0.2, -0.15) is 0 Å². The van der Waals surface area contributed by atoms with E-state index in [0.717, 1.165) is 35.0 Å². The molecular formula is C21H22N4O2S2. The number of ether oxygens (including phenoxy) is 1. The standard InChI is InChI=1S/C21H22N4O2S2/c1-27-16-11-9-15(10-12-16)22-20-24-25-21(29-20)28-13-19(26)23-18-8-4-6-14-5-2-3-7-17(14)18/h2-3,5,7,9-12,18H,4,6,8,13H2,1H3,(H,22,24)(H,23,26)/t18-/m0/s1. The average Bonchev–Trinajstić information content (AvgIpc) is 3.20. The number of carbonyl (C=O) groups excluding carboxylic acids is 1. The van der Waals surface area contributed by atoms with E-state index >= 15 is 0 Å². The van der Waals surface area contributed by atoms with Crippen molar-refractivity contribution >= 4 is 39.8 Å². The van der Waals surface area contributed by atoms with E-state index in [4.69, 9.17) is 4.74 Å². The van der Waals surface area contributed by atoms with E-state index in [2.05, 4.69) is 39.0 Å². The summed E-state index contributed by atoms with van der Waals surface area (Å²) < 4.78 is 5.92. The molecule has 0 bridgehead atoms. The van der Waals surface area contributed by atoms with Crippen molar-refractivity contribution < 1.29 is 9.53 Å². The third-order valence-corrected chi connectivity index (χ3v) is 6.75. The van der Waals surface area contributed by atoms with Crippen molar-refractivity contribution in [1.82, 2.24) is 15.5 Å². The summed E-state index contributed by atoms with van der Waals surface area (Å²) in [5, 5.41) is 15.4. The molecule has 3 aromatic rings. The minimum Gasteiger partial charge on any atom is -0.497 e. The van der Waals surface area contributed by atoms with Crippen LogP contribution >= 0.6 is 23.1 Å². The maximum atomic E-state index is 12.4. The van der Waals surface area contributed by atoms with Gasteiger partial charge in [-0.1, -0.05) is 47.4 Å². The molecule has 6 nitrogen and oxygen atoms in total. The molecular weight excluding hydrogens is 404 g/mol. The molecule has 8 heteroatoms. The molecule has 0 unspecified atom stereocenters. The zero-order valence-electron chi connectivity index (χ0n) is 16.1. The second-order valence-electron chi connectivity index (χ2n) is 6.73. The molecule has 2 N–H and O–H groups in total. The second kappa shape index (κ2) is 9.28. The molecule has 0 saturated carbocycles. The number of hydrogen-bond acceptors (Lipinski definition) is 7. The number of amides is 1. The maximum Gasteiger partial charge on any atom is 0.230 e. The predicted molar refractivity (Wildman–Crippen MR) is 117 cm³/mol. The number of benzene rings is 2. The van der Waals surface area contributed by atoms with Gasteiger partial charge in [0.05, 0.1) is 18.9 Å². The van der Waals surface area contributed by atoms with E-state index in [1.54, 1.807) is 7.11 Å². The van der Waals surface area contributed by atoms with Crippen LogP contribution in [0.3, 0.4) is 0 Å². The van der Waals surface area contributed by atoms with Crippen molar-refractivity contribution in [3.63, 3.8) is 0 Å². The van der Waals surface area contributed by atoms with Crippen molar-refractivity contribution in [1.29, 1.82) is 0 Å². The van der Waals surface area contributed by atoms with Gasteiger partial charge >= 0.3 is 0 Å². The lowest BCUT2D eigenvalue weighted by atomic mass is 9.88. The van der Waals surface area contributed by atoms with Crippen LogP contribution in [0.1, 0.15) is 30.0 Å². The molecule has 1 heterocycles. The number of nitrogens with one attached hydrogen (secondary N) is 2. The summed E-state index contributed by atoms with van der Waals surface area (Å²) in [7, 11) is 1.64. The Morgan fingerprint density at radius 2 is 2.03 bits per heavy atom. The molecule has 1 aromatic heterocycles. The summed E-state index contributed by atoms with van der Waals surface area (Å²) in [5.74, 6) is 1.16. The number of aromatic nitrogens is 2. The van der Waals surface area contributed by atoms with Crippen LogP contribution in [0, 0.1) is 0 Å². The van der Waals surface area contributed by atoms with Crippen molar-refractivity contribution in [3.8, 4) is 5.75 Å². The zero-order valence-corrected chi connectivity index (χ0v) is 17.7. The smallest absolute Gasteiger partial charge is 0.230 e. The van der Waals surface area contributed by atoms with Crippen LogP contribution in [-0.4, -0.2) is 29.0 Å². The number of anilines is 2. The fourth-order valence-corrected chi connectivity index (χ4v) is 4.97. The van der Waals surface area contributed by atoms with Gasteiger partial charge in [-0.05, 0) is 54.7 Å². The lowest BCUT2D eigenvalue weighted by Crippen LogP contribution is -2.32. The molecule has 0 saturated heterocycles. The van der Waals surface area contributed by atoms with Crippen molar-refractivity contribution in [2.45, 2.75) is 29.6 Å². The van der Waals surface area contributed by atoms with Gasteiger partial charge in [-0.3, -0.25) is 4.79 Å². The number of thioether (sulfide) groups is 1. The highest BCUT2D eigenvalue weighted by Gasteiger charge is 2.21. The van der Waals surface area contributed by atoms with Crippen LogP contribution < -0.4 is 15.4 Å². The molecule has 1 aliphatic rings. The normalized spacial score (nSPS) is 15.4. The largest absolute Gasteiger partial charge is 0.497 e. The first kappa shape index (κ1) is 19.7. The van der Waals surface area contributed by atoms with E-state index in [1.165, 1.54) is 34.2 Å². The summed E-state index contributed by atoms with van der Waals surface area (Å²) in [5.41, 5.74) is 3.50. The van der Waals surface area contributed by atoms with E-state index in [1.807, 2.05) is 30.3 Å². The summed E-state index contributed by atoms with van der Waals surface area (Å²) >= 11 is 2.84. The Balaban J connectivity index is 1.29. The Morgan fingerprint density at radius 1 is 1.21 bits per heavy atom. The molecule has 0 aliphatic heterocycles. The monoisotopic (exact) mass is 426 g/mol. The van der Waals surface area contributed by atoms with Crippen LogP contribution in [0.5, 0.6) is 5.75 Å². The fraction of sp³-hybridized carbons (Fsp3) is 0.286. The first-order valence-electron chi connectivity index (χ1n) is 9.46. The van der Waals surface area contributed by atoms with Gasteiger partial charge in [0, 0.05) is 5.69 Å². The number of fused-ring (bicyclic) bond motifs is 1. The lowest BCUT2D eigenvalue weighted by Gasteiger charge is -2.26. The number of rotatable bonds is 7. The summed E-state index contributed by atoms with van der Waals surface area (Å²) in [6.45, 7) is 0. The molecule has 0 radical (unpaired) electrons. The molecule has 1 atom stereocenters. The van der Waals surface area contributed by atoms with Crippen LogP contribution in [0.15, 0.2) is 52.9 Å². The van der Waals surface area contributed by atoms with Gasteiger partial charge < -0.3 is 15.4 Å². The number of carbonyl (C=O) groups is 1. The quantitative estimate of drug-likeness (QED) is 0.539. The van der Waals surface area contributed by atoms with E-state index in [0.29, 0.717) is 10.9 Å². The second-order valence-corrected chi connectivity index (χ2v) is 8.93. The molecule has 1 aliphatic carbocycles. The van der Waals surface area contributed by atoms with Gasteiger partial charge in [-0.25, -0.2) is 0 Å². The van der Waals surface area contributed by atoms with Crippen LogP contribution in [0.4, 0.5) is 10.8 Å². The number of methoxy groups -OCH3 is 1. The number of aryl methyl sites for hydroxylation is 1. The molecule has 2 aromatic carbocycles. The topological polar surface area (TPSA) is 76.1 Å². The Morgan fingerprint density at radius 3 is 2.86 bits per heavy atom. The zero-order chi connectivity index (χ0) is 20.1. The highest BCUT2D eigenvalue weighted by atomic mass is 32.2. The van der Waals surface area contributed by atoms with Crippen molar-refractivity contribution in [3.05, 3.63) is 59.7 Å². The summed E-state index contributed by atoms with van der Waals surface area (Å²) in [6.07, 6.45) is 3.18. The van der Waals surface area contributed by atoms with E-state index in [-0.39, 0.29) is 11.9 Å². The molecule has 150 valence electrons. The van der Waals surface area contributed by atoms with Crippen LogP contribution in [0.25, 0.3) is 0 Å². The first-order chi connectivity index (χ1) is 14.2. The van der Waals surface area contributed by atoms with Gasteiger partial charge in [0.15, 0.2) is 4.34 Å². The van der Waals surface area contributed by atoms with Crippen LogP contribution in [-0.2, 0) is 11.2 Å². The molecule has 1 amide bonds. The first-order valence-corrected chi connectivity index (χ1v) is 11.3. The Kier molecular flexibility index (Phi) is 6.31. The highest BCUT2D eigenvalue weighted by Crippen LogP contribution is 2.31. The third-order valence-electron chi connectivity index (χ3n) is 4.78. The third kappa shape index (κ3) is 5.07. The summed E-state index contributed by atoms with van der Waals surface area (Å²) in [4.78, 5) is 12.4. The van der Waals surface area contributed by atoms with Crippen LogP contribution in [0.2, 0.25) is 0 Å². The maximum absolute atomic E-state index is 12.4. The highest BCUT2D eigenvalue weighted by molar-refractivity contribution is 8.01. The molecule has 29 heavy (non-hydrogen) atoms. The van der Waals surface area contributed by atoms with Gasteiger partial charge in [0.25, 0.3) is 0 Å². The molecule has 0 spiro atoms. The van der Waals surface area contributed by atoms with E-state index < -0.39 is 0 Å². The Labute approximate surface area is 178 Å². The average molecular weight is 427 g/mol. The fourth-order valence-electron chi connectivity index (χ4n) is 3.38. The van der Waals surface area contributed by atoms with Crippen molar-refractivity contribution in [2.75, 3.05) is 18.2 Å². The molecule has 4 rings (SSSR count). The minimum absolute atomic E-state index is 0.0246. The Bertz CT molecular complexity index is 975. The minimum atomic E-state index is 0.0246. The van der Waals surface area contributed by atoms with Crippen molar-refractivity contribution in [2.24, 2.45) is 0 Å². The van der Waals surface area contributed by atoms with Gasteiger partial charge in [-0.15, -0.1) is 10.2 Å². The summed E-state index contributed by atoms with van der Waals surface area (Å²) in [6, 6.07) is 16.1.